The Hall–Kier alpha value is -2.27. The predicted octanol–water partition coefficient (Wildman–Crippen LogP) is 3.52. The van der Waals surface area contributed by atoms with Crippen LogP contribution in [-0.2, 0) is 20.7 Å². The molecule has 0 unspecified atom stereocenters. The Morgan fingerprint density at radius 3 is 2.56 bits per heavy atom. The van der Waals surface area contributed by atoms with Gasteiger partial charge in [0.1, 0.15) is 17.6 Å². The van der Waals surface area contributed by atoms with E-state index in [1.807, 2.05) is 19.1 Å². The lowest BCUT2D eigenvalue weighted by molar-refractivity contribution is -0.154. The molecule has 2 aliphatic heterocycles. The van der Waals surface area contributed by atoms with Gasteiger partial charge in [0.25, 0.3) is 0 Å². The molecule has 2 aliphatic rings. The van der Waals surface area contributed by atoms with Crippen molar-refractivity contribution in [2.75, 3.05) is 14.2 Å². The van der Waals surface area contributed by atoms with Crippen LogP contribution in [-0.4, -0.2) is 31.9 Å². The monoisotopic (exact) mass is 344 g/mol. The van der Waals surface area contributed by atoms with Crippen molar-refractivity contribution in [2.24, 2.45) is 0 Å². The molecule has 0 aromatic heterocycles. The summed E-state index contributed by atoms with van der Waals surface area (Å²) in [6.45, 7) is 9.67. The number of hydrogen-bond donors (Lipinski definition) is 0. The van der Waals surface area contributed by atoms with Crippen molar-refractivity contribution >= 4 is 5.97 Å². The molecular weight excluding hydrogens is 320 g/mol. The van der Waals surface area contributed by atoms with Gasteiger partial charge in [-0.3, -0.25) is 0 Å². The molecule has 25 heavy (non-hydrogen) atoms. The molecule has 134 valence electrons. The molecule has 0 radical (unpaired) electrons. The first kappa shape index (κ1) is 17.5. The van der Waals surface area contributed by atoms with Gasteiger partial charge in [0.05, 0.1) is 14.2 Å². The van der Waals surface area contributed by atoms with Gasteiger partial charge in [-0.1, -0.05) is 18.2 Å². The summed E-state index contributed by atoms with van der Waals surface area (Å²) in [7, 11) is 3.22. The van der Waals surface area contributed by atoms with Gasteiger partial charge in [0, 0.05) is 11.1 Å². The van der Waals surface area contributed by atoms with Crippen molar-refractivity contribution in [2.45, 2.75) is 44.0 Å². The second-order valence-corrected chi connectivity index (χ2v) is 6.58. The molecule has 0 spiro atoms. The highest BCUT2D eigenvalue weighted by Gasteiger charge is 2.73. The SMILES string of the molecule is C=CCC[C@@]12O[C@@H]1[C@H](c1c(OC)ccc(OC)c1CC(=C)C)OC2=O. The molecule has 0 saturated carbocycles. The number of hydrogen-bond acceptors (Lipinski definition) is 5. The van der Waals surface area contributed by atoms with E-state index in [1.54, 1.807) is 20.3 Å². The fourth-order valence-electron chi connectivity index (χ4n) is 3.56. The number of carbonyl (C=O) groups excluding carboxylic acids is 1. The second-order valence-electron chi connectivity index (χ2n) is 6.58. The maximum atomic E-state index is 12.4. The summed E-state index contributed by atoms with van der Waals surface area (Å²) in [6, 6.07) is 3.69. The first-order valence-electron chi connectivity index (χ1n) is 8.36. The molecule has 0 N–H and O–H groups in total. The Morgan fingerprint density at radius 2 is 2.00 bits per heavy atom. The number of esters is 1. The Morgan fingerprint density at radius 1 is 1.32 bits per heavy atom. The number of allylic oxidation sites excluding steroid dienone is 2. The number of cyclic esters (lactones) is 1. The van der Waals surface area contributed by atoms with Crippen LogP contribution in [0.15, 0.2) is 36.9 Å². The number of ether oxygens (including phenoxy) is 4. The van der Waals surface area contributed by atoms with Gasteiger partial charge in [0.2, 0.25) is 0 Å². The Balaban J connectivity index is 2.03. The van der Waals surface area contributed by atoms with Crippen molar-refractivity contribution in [3.05, 3.63) is 48.1 Å². The lowest BCUT2D eigenvalue weighted by Crippen LogP contribution is -2.22. The molecule has 5 nitrogen and oxygen atoms in total. The third-order valence-electron chi connectivity index (χ3n) is 4.79. The predicted molar refractivity (Wildman–Crippen MR) is 93.9 cm³/mol. The molecule has 2 saturated heterocycles. The zero-order valence-corrected chi connectivity index (χ0v) is 15.0. The highest BCUT2D eigenvalue weighted by molar-refractivity contribution is 5.87. The van der Waals surface area contributed by atoms with Gasteiger partial charge < -0.3 is 18.9 Å². The zero-order valence-electron chi connectivity index (χ0n) is 15.0. The van der Waals surface area contributed by atoms with Crippen LogP contribution in [0.5, 0.6) is 11.5 Å². The molecule has 3 atom stereocenters. The molecule has 0 aliphatic carbocycles. The van der Waals surface area contributed by atoms with Crippen LogP contribution in [0.25, 0.3) is 0 Å². The summed E-state index contributed by atoms with van der Waals surface area (Å²) in [5, 5.41) is 0. The Labute approximate surface area is 148 Å². The van der Waals surface area contributed by atoms with Crippen molar-refractivity contribution in [1.29, 1.82) is 0 Å². The van der Waals surface area contributed by atoms with E-state index in [4.69, 9.17) is 18.9 Å². The van der Waals surface area contributed by atoms with Crippen molar-refractivity contribution < 1.29 is 23.7 Å². The molecular formula is C20H24O5. The average molecular weight is 344 g/mol. The fourth-order valence-corrected chi connectivity index (χ4v) is 3.56. The molecule has 2 fully saturated rings. The quantitative estimate of drug-likeness (QED) is 0.410. The summed E-state index contributed by atoms with van der Waals surface area (Å²) >= 11 is 0. The standard InChI is InChI=1S/C20H24O5/c1-6-7-10-20-18(25-20)17(24-19(20)21)16-13(11-12(2)3)14(22-4)8-9-15(16)23-5/h6,8-9,17-18H,1-2,7,10-11H2,3-5H3/t17-,18+,20+/m0/s1. The molecule has 0 bridgehead atoms. The maximum Gasteiger partial charge on any atom is 0.342 e. The third-order valence-corrected chi connectivity index (χ3v) is 4.79. The van der Waals surface area contributed by atoms with E-state index in [1.165, 1.54) is 0 Å². The van der Waals surface area contributed by atoms with Gasteiger partial charge >= 0.3 is 5.97 Å². The number of benzene rings is 1. The number of epoxide rings is 1. The summed E-state index contributed by atoms with van der Waals surface area (Å²) in [5.74, 6) is 1.07. The van der Waals surface area contributed by atoms with Crippen molar-refractivity contribution in [3.63, 3.8) is 0 Å². The second kappa shape index (κ2) is 6.56. The van der Waals surface area contributed by atoms with E-state index in [-0.39, 0.29) is 12.1 Å². The van der Waals surface area contributed by atoms with Crippen LogP contribution >= 0.6 is 0 Å². The minimum atomic E-state index is -0.840. The van der Waals surface area contributed by atoms with E-state index >= 15 is 0 Å². The van der Waals surface area contributed by atoms with E-state index in [0.29, 0.717) is 25.0 Å². The topological polar surface area (TPSA) is 57.3 Å². The summed E-state index contributed by atoms with van der Waals surface area (Å²) < 4.78 is 22.6. The van der Waals surface area contributed by atoms with Crippen LogP contribution in [0, 0.1) is 0 Å². The number of methoxy groups -OCH3 is 2. The molecule has 2 heterocycles. The first-order valence-corrected chi connectivity index (χ1v) is 8.36. The summed E-state index contributed by atoms with van der Waals surface area (Å²) in [6.07, 6.45) is 2.87. The largest absolute Gasteiger partial charge is 0.496 e. The normalized spacial score (nSPS) is 26.6. The van der Waals surface area contributed by atoms with Crippen LogP contribution in [0.3, 0.4) is 0 Å². The molecule has 0 amide bonds. The molecule has 5 heteroatoms. The van der Waals surface area contributed by atoms with Gasteiger partial charge in [-0.05, 0) is 38.3 Å². The van der Waals surface area contributed by atoms with Gasteiger partial charge in [-0.2, -0.15) is 0 Å². The molecule has 1 aromatic carbocycles. The first-order chi connectivity index (χ1) is 12.0. The van der Waals surface area contributed by atoms with Gasteiger partial charge in [-0.25, -0.2) is 4.79 Å². The number of carbonyl (C=O) groups is 1. The number of fused-ring (bicyclic) bond motifs is 1. The van der Waals surface area contributed by atoms with Gasteiger partial charge in [0.15, 0.2) is 11.7 Å². The van der Waals surface area contributed by atoms with Gasteiger partial charge in [-0.15, -0.1) is 6.58 Å². The van der Waals surface area contributed by atoms with E-state index < -0.39 is 11.7 Å². The van der Waals surface area contributed by atoms with Crippen LogP contribution < -0.4 is 9.47 Å². The van der Waals surface area contributed by atoms with E-state index in [9.17, 15) is 4.79 Å². The van der Waals surface area contributed by atoms with Crippen LogP contribution in [0.4, 0.5) is 0 Å². The highest BCUT2D eigenvalue weighted by Crippen LogP contribution is 2.58. The number of rotatable bonds is 8. The maximum absolute atomic E-state index is 12.4. The Kier molecular flexibility index (Phi) is 4.60. The summed E-state index contributed by atoms with van der Waals surface area (Å²) in [4.78, 5) is 12.4. The highest BCUT2D eigenvalue weighted by atomic mass is 16.7. The zero-order chi connectivity index (χ0) is 18.2. The van der Waals surface area contributed by atoms with Crippen molar-refractivity contribution in [3.8, 4) is 11.5 Å². The summed E-state index contributed by atoms with van der Waals surface area (Å²) in [5.41, 5.74) is 1.86. The lowest BCUT2D eigenvalue weighted by atomic mass is 9.90. The molecule has 3 rings (SSSR count). The minimum Gasteiger partial charge on any atom is -0.496 e. The van der Waals surface area contributed by atoms with E-state index in [2.05, 4.69) is 13.2 Å². The minimum absolute atomic E-state index is 0.301. The fraction of sp³-hybridized carbons (Fsp3) is 0.450. The third kappa shape index (κ3) is 2.82. The lowest BCUT2D eigenvalue weighted by Gasteiger charge is -2.21. The average Bonchev–Trinajstić information content (AvgIpc) is 3.26. The Bertz CT molecular complexity index is 723. The van der Waals surface area contributed by atoms with E-state index in [0.717, 1.165) is 22.4 Å². The smallest absolute Gasteiger partial charge is 0.342 e. The molecule has 1 aromatic rings. The van der Waals surface area contributed by atoms with Crippen molar-refractivity contribution in [1.82, 2.24) is 0 Å². The van der Waals surface area contributed by atoms with Crippen LogP contribution in [0.1, 0.15) is 37.0 Å². The van der Waals surface area contributed by atoms with Crippen LogP contribution in [0.2, 0.25) is 0 Å².